The van der Waals surface area contributed by atoms with E-state index in [4.69, 9.17) is 0 Å². The van der Waals surface area contributed by atoms with Crippen LogP contribution in [0.1, 0.15) is 30.6 Å². The van der Waals surface area contributed by atoms with E-state index in [1.54, 1.807) is 13.1 Å². The second kappa shape index (κ2) is 5.68. The summed E-state index contributed by atoms with van der Waals surface area (Å²) >= 11 is 0. The van der Waals surface area contributed by atoms with Crippen molar-refractivity contribution in [3.05, 3.63) is 29.8 Å². The molecule has 0 radical (unpaired) electrons. The number of para-hydroxylation sites is 1. The first kappa shape index (κ1) is 13.5. The summed E-state index contributed by atoms with van der Waals surface area (Å²) in [4.78, 5) is 12.1. The summed E-state index contributed by atoms with van der Waals surface area (Å²) in [6.45, 7) is 3.68. The van der Waals surface area contributed by atoms with Crippen LogP contribution in [-0.2, 0) is 0 Å². The number of aliphatic hydroxyl groups is 1. The number of benzene rings is 1. The zero-order valence-electron chi connectivity index (χ0n) is 10.6. The number of carbonyl (C=O) groups is 1. The minimum Gasteiger partial charge on any atom is -0.394 e. The third-order valence-corrected chi connectivity index (χ3v) is 2.99. The lowest BCUT2D eigenvalue weighted by atomic mass is 9.99. The number of nitrogens with one attached hydrogen (secondary N) is 2. The molecule has 1 amide bonds. The van der Waals surface area contributed by atoms with E-state index in [-0.39, 0.29) is 12.5 Å². The van der Waals surface area contributed by atoms with Gasteiger partial charge in [-0.25, -0.2) is 0 Å². The zero-order chi connectivity index (χ0) is 12.9. The first-order valence-electron chi connectivity index (χ1n) is 5.76. The van der Waals surface area contributed by atoms with Gasteiger partial charge in [-0.3, -0.25) is 4.79 Å². The van der Waals surface area contributed by atoms with Gasteiger partial charge in [0.25, 0.3) is 5.91 Å². The maximum absolute atomic E-state index is 12.1. The number of anilines is 1. The van der Waals surface area contributed by atoms with Crippen LogP contribution in [-0.4, -0.2) is 30.2 Å². The molecule has 3 N–H and O–H groups in total. The Morgan fingerprint density at radius 3 is 2.59 bits per heavy atom. The molecule has 1 rings (SSSR count). The Morgan fingerprint density at radius 2 is 2.06 bits per heavy atom. The van der Waals surface area contributed by atoms with Crippen molar-refractivity contribution >= 4 is 11.6 Å². The van der Waals surface area contributed by atoms with Crippen LogP contribution in [0.2, 0.25) is 0 Å². The predicted octanol–water partition coefficient (Wildman–Crippen LogP) is 1.62. The summed E-state index contributed by atoms with van der Waals surface area (Å²) in [5.41, 5.74) is 0.794. The minimum absolute atomic E-state index is 0.0725. The largest absolute Gasteiger partial charge is 0.394 e. The van der Waals surface area contributed by atoms with Gasteiger partial charge < -0.3 is 15.7 Å². The monoisotopic (exact) mass is 236 g/mol. The van der Waals surface area contributed by atoms with E-state index in [1.807, 2.05) is 32.0 Å². The fraction of sp³-hybridized carbons (Fsp3) is 0.462. The van der Waals surface area contributed by atoms with Crippen LogP contribution < -0.4 is 10.6 Å². The van der Waals surface area contributed by atoms with Gasteiger partial charge in [-0.2, -0.15) is 0 Å². The standard InChI is InChI=1S/C13H20N2O2/c1-4-13(2,9-16)15-12(17)10-7-5-6-8-11(10)14-3/h5-8,14,16H,4,9H2,1-3H3,(H,15,17). The van der Waals surface area contributed by atoms with E-state index < -0.39 is 5.54 Å². The van der Waals surface area contributed by atoms with Gasteiger partial charge in [0.05, 0.1) is 17.7 Å². The second-order valence-corrected chi connectivity index (χ2v) is 4.32. The van der Waals surface area contributed by atoms with Crippen molar-refractivity contribution in [3.8, 4) is 0 Å². The lowest BCUT2D eigenvalue weighted by molar-refractivity contribution is 0.0848. The third kappa shape index (κ3) is 3.20. The summed E-state index contributed by atoms with van der Waals surface area (Å²) in [6, 6.07) is 7.29. The van der Waals surface area contributed by atoms with E-state index in [0.717, 1.165) is 5.69 Å². The highest BCUT2D eigenvalue weighted by Crippen LogP contribution is 2.16. The van der Waals surface area contributed by atoms with E-state index in [2.05, 4.69) is 10.6 Å². The van der Waals surface area contributed by atoms with Gasteiger partial charge in [-0.05, 0) is 25.5 Å². The molecular formula is C13H20N2O2. The molecule has 0 aliphatic rings. The molecule has 0 heterocycles. The molecule has 1 aromatic rings. The van der Waals surface area contributed by atoms with Gasteiger partial charge in [0, 0.05) is 12.7 Å². The molecule has 1 aromatic carbocycles. The van der Waals surface area contributed by atoms with E-state index in [9.17, 15) is 9.90 Å². The van der Waals surface area contributed by atoms with E-state index >= 15 is 0 Å². The summed E-state index contributed by atoms with van der Waals surface area (Å²) < 4.78 is 0. The highest BCUT2D eigenvalue weighted by atomic mass is 16.3. The number of rotatable bonds is 5. The summed E-state index contributed by atoms with van der Waals surface area (Å²) in [6.07, 6.45) is 0.678. The van der Waals surface area contributed by atoms with Crippen LogP contribution in [0.4, 0.5) is 5.69 Å². The summed E-state index contributed by atoms with van der Waals surface area (Å²) in [5.74, 6) is -0.173. The Morgan fingerprint density at radius 1 is 1.41 bits per heavy atom. The van der Waals surface area contributed by atoms with Crippen LogP contribution in [0.3, 0.4) is 0 Å². The van der Waals surface area contributed by atoms with E-state index in [1.165, 1.54) is 0 Å². The molecule has 0 aromatic heterocycles. The Balaban J connectivity index is 2.90. The fourth-order valence-corrected chi connectivity index (χ4v) is 1.48. The summed E-state index contributed by atoms with van der Waals surface area (Å²) in [5, 5.41) is 15.1. The third-order valence-electron chi connectivity index (χ3n) is 2.99. The molecular weight excluding hydrogens is 216 g/mol. The molecule has 0 bridgehead atoms. The Kier molecular flexibility index (Phi) is 4.52. The Bertz CT molecular complexity index is 387. The molecule has 0 spiro atoms. The van der Waals surface area contributed by atoms with Crippen molar-refractivity contribution in [1.29, 1.82) is 0 Å². The van der Waals surface area contributed by atoms with Gasteiger partial charge in [-0.1, -0.05) is 19.1 Å². The molecule has 4 nitrogen and oxygen atoms in total. The molecule has 94 valence electrons. The Labute approximate surface area is 102 Å². The van der Waals surface area contributed by atoms with Gasteiger partial charge in [-0.15, -0.1) is 0 Å². The normalized spacial score (nSPS) is 13.9. The number of carbonyl (C=O) groups excluding carboxylic acids is 1. The van der Waals surface area contributed by atoms with Crippen LogP contribution in [0.15, 0.2) is 24.3 Å². The highest BCUT2D eigenvalue weighted by Gasteiger charge is 2.24. The highest BCUT2D eigenvalue weighted by molar-refractivity contribution is 5.99. The van der Waals surface area contributed by atoms with Crippen LogP contribution >= 0.6 is 0 Å². The van der Waals surface area contributed by atoms with Gasteiger partial charge in [0.2, 0.25) is 0 Å². The fourth-order valence-electron chi connectivity index (χ4n) is 1.48. The van der Waals surface area contributed by atoms with Gasteiger partial charge in [0.1, 0.15) is 0 Å². The number of hydrogen-bond acceptors (Lipinski definition) is 3. The van der Waals surface area contributed by atoms with Gasteiger partial charge in [0.15, 0.2) is 0 Å². The van der Waals surface area contributed by atoms with Crippen molar-refractivity contribution in [2.45, 2.75) is 25.8 Å². The average molecular weight is 236 g/mol. The van der Waals surface area contributed by atoms with Crippen LogP contribution in [0.5, 0.6) is 0 Å². The molecule has 0 saturated heterocycles. The van der Waals surface area contributed by atoms with Crippen LogP contribution in [0, 0.1) is 0 Å². The molecule has 0 aliphatic carbocycles. The molecule has 1 unspecified atom stereocenters. The van der Waals surface area contributed by atoms with Crippen LogP contribution in [0.25, 0.3) is 0 Å². The number of amides is 1. The number of hydrogen-bond donors (Lipinski definition) is 3. The van der Waals surface area contributed by atoms with Crippen molar-refractivity contribution in [3.63, 3.8) is 0 Å². The maximum atomic E-state index is 12.1. The smallest absolute Gasteiger partial charge is 0.253 e. The van der Waals surface area contributed by atoms with Crippen molar-refractivity contribution in [2.24, 2.45) is 0 Å². The first-order chi connectivity index (χ1) is 8.06. The minimum atomic E-state index is -0.571. The topological polar surface area (TPSA) is 61.4 Å². The number of aliphatic hydroxyl groups excluding tert-OH is 1. The van der Waals surface area contributed by atoms with Gasteiger partial charge >= 0.3 is 0 Å². The van der Waals surface area contributed by atoms with Crippen molar-refractivity contribution in [2.75, 3.05) is 19.0 Å². The zero-order valence-corrected chi connectivity index (χ0v) is 10.6. The lowest BCUT2D eigenvalue weighted by Gasteiger charge is -2.27. The van der Waals surface area contributed by atoms with Crippen molar-refractivity contribution in [1.82, 2.24) is 5.32 Å². The SMILES string of the molecule is CCC(C)(CO)NC(=O)c1ccccc1NC. The maximum Gasteiger partial charge on any atom is 0.253 e. The molecule has 0 fully saturated rings. The Hall–Kier alpha value is -1.55. The van der Waals surface area contributed by atoms with E-state index in [0.29, 0.717) is 12.0 Å². The first-order valence-corrected chi connectivity index (χ1v) is 5.76. The molecule has 17 heavy (non-hydrogen) atoms. The molecule has 0 saturated carbocycles. The lowest BCUT2D eigenvalue weighted by Crippen LogP contribution is -2.48. The van der Waals surface area contributed by atoms with Crippen molar-refractivity contribution < 1.29 is 9.90 Å². The quantitative estimate of drug-likeness (QED) is 0.728. The predicted molar refractivity (Wildman–Crippen MR) is 69.2 cm³/mol. The molecule has 1 atom stereocenters. The average Bonchev–Trinajstić information content (AvgIpc) is 2.38. The second-order valence-electron chi connectivity index (χ2n) is 4.32. The molecule has 0 aliphatic heterocycles. The summed E-state index contributed by atoms with van der Waals surface area (Å²) in [7, 11) is 1.77. The molecule has 4 heteroatoms.